The summed E-state index contributed by atoms with van der Waals surface area (Å²) in [5.41, 5.74) is 1.79. The number of thiazole rings is 2. The molecule has 0 bridgehead atoms. The standard InChI is InChI=1S/C27H28FN5O3S2/c1-14-10-18-13-33(24(34)22-23(38-16(3)31-22)17-4-6-19(28)7-5-17)21(20(18)11-14)12-29-27(35)36-25-15(2)30-26-32(25)8-9-37-26/h4-9,14,18,20-21H,10-13H2,1-3H3,(H,29,35)/t14?,18-,20-,21+/m0/s1. The molecule has 8 nitrogen and oxygen atoms in total. The molecule has 1 saturated carbocycles. The molecule has 1 aromatic carbocycles. The maximum atomic E-state index is 13.9. The van der Waals surface area contributed by atoms with Crippen LogP contribution in [0.5, 0.6) is 5.88 Å². The first-order valence-corrected chi connectivity index (χ1v) is 14.4. The molecule has 1 N–H and O–H groups in total. The van der Waals surface area contributed by atoms with E-state index in [1.54, 1.807) is 23.5 Å². The zero-order valence-electron chi connectivity index (χ0n) is 21.3. The molecule has 4 aromatic rings. The van der Waals surface area contributed by atoms with Gasteiger partial charge >= 0.3 is 6.09 Å². The number of hydrogen-bond donors (Lipinski definition) is 1. The summed E-state index contributed by atoms with van der Waals surface area (Å²) in [5, 5.41) is 5.57. The van der Waals surface area contributed by atoms with Gasteiger partial charge in [0.05, 0.1) is 15.9 Å². The topological polar surface area (TPSA) is 88.8 Å². The Hall–Kier alpha value is -3.31. The lowest BCUT2D eigenvalue weighted by molar-refractivity contribution is 0.0702. The second-order valence-electron chi connectivity index (χ2n) is 10.3. The monoisotopic (exact) mass is 553 g/mol. The van der Waals surface area contributed by atoms with Gasteiger partial charge in [-0.3, -0.25) is 9.20 Å². The molecule has 0 radical (unpaired) electrons. The summed E-state index contributed by atoms with van der Waals surface area (Å²) < 4.78 is 20.9. The smallest absolute Gasteiger partial charge is 0.391 e. The molecule has 2 amide bonds. The van der Waals surface area contributed by atoms with E-state index in [1.165, 1.54) is 34.8 Å². The molecule has 2 aliphatic rings. The average molecular weight is 554 g/mol. The van der Waals surface area contributed by atoms with Gasteiger partial charge in [0, 0.05) is 24.7 Å². The molecular formula is C27H28FN5O3S2. The van der Waals surface area contributed by atoms with E-state index < -0.39 is 6.09 Å². The lowest BCUT2D eigenvalue weighted by Crippen LogP contribution is -2.46. The first kappa shape index (κ1) is 25.0. The highest BCUT2D eigenvalue weighted by Crippen LogP contribution is 2.46. The number of likely N-dealkylation sites (tertiary alicyclic amines) is 1. The van der Waals surface area contributed by atoms with Crippen molar-refractivity contribution in [2.75, 3.05) is 13.1 Å². The number of imidazole rings is 1. The molecule has 6 rings (SSSR count). The summed E-state index contributed by atoms with van der Waals surface area (Å²) in [5.74, 6) is 1.18. The lowest BCUT2D eigenvalue weighted by Gasteiger charge is -2.28. The number of amides is 2. The molecule has 1 saturated heterocycles. The molecule has 11 heteroatoms. The Morgan fingerprint density at radius 1 is 1.18 bits per heavy atom. The van der Waals surface area contributed by atoms with E-state index >= 15 is 0 Å². The first-order valence-electron chi connectivity index (χ1n) is 12.7. The summed E-state index contributed by atoms with van der Waals surface area (Å²) in [6.45, 7) is 6.84. The molecule has 38 heavy (non-hydrogen) atoms. The number of hydrogen-bond acceptors (Lipinski definition) is 7. The third-order valence-corrected chi connectivity index (χ3v) is 9.42. The van der Waals surface area contributed by atoms with Crippen LogP contribution in [-0.2, 0) is 0 Å². The predicted octanol–water partition coefficient (Wildman–Crippen LogP) is 5.55. The molecule has 2 fully saturated rings. The van der Waals surface area contributed by atoms with Crippen LogP contribution in [0.2, 0.25) is 0 Å². The number of fused-ring (bicyclic) bond motifs is 2. The van der Waals surface area contributed by atoms with Crippen LogP contribution in [0.15, 0.2) is 35.8 Å². The fourth-order valence-electron chi connectivity index (χ4n) is 6.05. The van der Waals surface area contributed by atoms with E-state index in [-0.39, 0.29) is 24.3 Å². The summed E-state index contributed by atoms with van der Waals surface area (Å²) in [7, 11) is 0. The van der Waals surface area contributed by atoms with Gasteiger partial charge in [-0.15, -0.1) is 22.7 Å². The van der Waals surface area contributed by atoms with Gasteiger partial charge in [0.1, 0.15) is 17.2 Å². The van der Waals surface area contributed by atoms with Crippen molar-refractivity contribution in [1.29, 1.82) is 0 Å². The highest BCUT2D eigenvalue weighted by atomic mass is 32.1. The van der Waals surface area contributed by atoms with Crippen molar-refractivity contribution < 1.29 is 18.7 Å². The molecular weight excluding hydrogens is 525 g/mol. The van der Waals surface area contributed by atoms with Gasteiger partial charge in [-0.2, -0.15) is 0 Å². The number of benzene rings is 1. The molecule has 1 unspecified atom stereocenters. The number of carbonyl (C=O) groups excluding carboxylic acids is 2. The maximum Gasteiger partial charge on any atom is 0.414 e. The van der Waals surface area contributed by atoms with Crippen LogP contribution in [0.1, 0.15) is 41.0 Å². The lowest BCUT2D eigenvalue weighted by atomic mass is 9.94. The van der Waals surface area contributed by atoms with Crippen LogP contribution in [0, 0.1) is 37.4 Å². The van der Waals surface area contributed by atoms with Gasteiger partial charge in [0.15, 0.2) is 4.96 Å². The Morgan fingerprint density at radius 2 is 1.97 bits per heavy atom. The molecule has 1 aliphatic carbocycles. The van der Waals surface area contributed by atoms with E-state index in [9.17, 15) is 14.0 Å². The minimum Gasteiger partial charge on any atom is -0.391 e. The maximum absolute atomic E-state index is 13.9. The largest absolute Gasteiger partial charge is 0.414 e. The van der Waals surface area contributed by atoms with Crippen LogP contribution < -0.4 is 10.1 Å². The van der Waals surface area contributed by atoms with Crippen molar-refractivity contribution in [3.05, 3.63) is 58.1 Å². The highest BCUT2D eigenvalue weighted by Gasteiger charge is 2.48. The minimum atomic E-state index is -0.570. The second-order valence-corrected chi connectivity index (χ2v) is 12.3. The van der Waals surface area contributed by atoms with Gasteiger partial charge in [-0.25, -0.2) is 19.2 Å². The zero-order valence-corrected chi connectivity index (χ0v) is 22.9. The number of ether oxygens (including phenoxy) is 1. The number of nitrogens with zero attached hydrogens (tertiary/aromatic N) is 4. The van der Waals surface area contributed by atoms with Crippen LogP contribution in [0.4, 0.5) is 9.18 Å². The number of carbonyl (C=O) groups is 2. The molecule has 1 aliphatic heterocycles. The van der Waals surface area contributed by atoms with Crippen molar-refractivity contribution in [3.8, 4) is 16.3 Å². The SMILES string of the molecule is Cc1nc(C(=O)N2C[C@@H]3CC(C)C[C@@H]3[C@H]2CNC(=O)Oc2c(C)nc3sccn23)c(-c2ccc(F)cc2)s1. The van der Waals surface area contributed by atoms with Crippen LogP contribution >= 0.6 is 22.7 Å². The average Bonchev–Trinajstić information content (AvgIpc) is 3.68. The first-order chi connectivity index (χ1) is 18.3. The Labute approximate surface area is 227 Å². The van der Waals surface area contributed by atoms with Gasteiger partial charge < -0.3 is 15.0 Å². The Bertz CT molecular complexity index is 1510. The number of nitrogens with one attached hydrogen (secondary N) is 1. The summed E-state index contributed by atoms with van der Waals surface area (Å²) in [6.07, 6.45) is 3.31. The van der Waals surface area contributed by atoms with E-state index in [4.69, 9.17) is 4.74 Å². The third-order valence-electron chi connectivity index (χ3n) is 7.64. The Kier molecular flexibility index (Phi) is 6.43. The molecule has 4 heterocycles. The normalized spacial score (nSPS) is 22.7. The van der Waals surface area contributed by atoms with Crippen LogP contribution in [0.25, 0.3) is 15.4 Å². The van der Waals surface area contributed by atoms with Crippen molar-refractivity contribution in [2.24, 2.45) is 17.8 Å². The predicted molar refractivity (Wildman–Crippen MR) is 144 cm³/mol. The quantitative estimate of drug-likeness (QED) is 0.350. The fraction of sp³-hybridized carbons (Fsp3) is 0.407. The van der Waals surface area contributed by atoms with E-state index in [1.807, 2.05) is 23.4 Å². The minimum absolute atomic E-state index is 0.150. The van der Waals surface area contributed by atoms with Crippen molar-refractivity contribution in [3.63, 3.8) is 0 Å². The highest BCUT2D eigenvalue weighted by molar-refractivity contribution is 7.15. The number of rotatable bonds is 5. The number of halogens is 1. The van der Waals surface area contributed by atoms with E-state index in [0.29, 0.717) is 41.6 Å². The van der Waals surface area contributed by atoms with Gasteiger partial charge in [0.2, 0.25) is 5.88 Å². The van der Waals surface area contributed by atoms with Crippen molar-refractivity contribution in [2.45, 2.75) is 39.7 Å². The van der Waals surface area contributed by atoms with Gasteiger partial charge in [-0.05, 0) is 62.1 Å². The summed E-state index contributed by atoms with van der Waals surface area (Å²) >= 11 is 2.90. The third kappa shape index (κ3) is 4.47. The molecule has 4 atom stereocenters. The molecule has 3 aromatic heterocycles. The van der Waals surface area contributed by atoms with Crippen molar-refractivity contribution >= 4 is 39.6 Å². The molecule has 198 valence electrons. The van der Waals surface area contributed by atoms with Crippen LogP contribution in [0.3, 0.4) is 0 Å². The number of aromatic nitrogens is 3. The summed E-state index contributed by atoms with van der Waals surface area (Å²) in [6, 6.07) is 5.98. The Morgan fingerprint density at radius 3 is 2.76 bits per heavy atom. The summed E-state index contributed by atoms with van der Waals surface area (Å²) in [4.78, 5) is 39.2. The van der Waals surface area contributed by atoms with Crippen LogP contribution in [-0.4, -0.2) is 50.4 Å². The van der Waals surface area contributed by atoms with Gasteiger partial charge in [0.25, 0.3) is 5.91 Å². The van der Waals surface area contributed by atoms with E-state index in [0.717, 1.165) is 33.3 Å². The number of aryl methyl sites for hydroxylation is 2. The van der Waals surface area contributed by atoms with Crippen molar-refractivity contribution in [1.82, 2.24) is 24.6 Å². The Balaban J connectivity index is 1.23. The zero-order chi connectivity index (χ0) is 26.6. The fourth-order valence-corrected chi connectivity index (χ4v) is 7.72. The van der Waals surface area contributed by atoms with E-state index in [2.05, 4.69) is 22.2 Å². The van der Waals surface area contributed by atoms with Gasteiger partial charge in [-0.1, -0.05) is 19.1 Å². The molecule has 0 spiro atoms. The second kappa shape index (κ2) is 9.77.